The zero-order chi connectivity index (χ0) is 16.2. The average molecular weight is 404 g/mol. The molecule has 0 saturated carbocycles. The van der Waals surface area contributed by atoms with Crippen LogP contribution in [-0.2, 0) is 4.79 Å². The summed E-state index contributed by atoms with van der Waals surface area (Å²) in [5.74, 6) is 0.667. The van der Waals surface area contributed by atoms with E-state index in [0.29, 0.717) is 23.9 Å². The van der Waals surface area contributed by atoms with E-state index in [1.807, 2.05) is 18.2 Å². The highest BCUT2D eigenvalue weighted by atomic mass is 35.5. The SMILES string of the molecule is Cl.Cl.N[C@@H]1CN(CC(=O)Nc2ccc(Cl)cn2)C[C@H]1c1ccccc1. The molecule has 1 aromatic carbocycles. The second kappa shape index (κ2) is 9.94. The molecule has 2 heterocycles. The highest BCUT2D eigenvalue weighted by Gasteiger charge is 2.31. The minimum absolute atomic E-state index is 0. The third-order valence-electron chi connectivity index (χ3n) is 4.03. The molecule has 2 atom stereocenters. The molecule has 2 aromatic rings. The molecule has 0 spiro atoms. The first-order valence-corrected chi connectivity index (χ1v) is 7.94. The molecule has 25 heavy (non-hydrogen) atoms. The van der Waals surface area contributed by atoms with Crippen LogP contribution in [0.3, 0.4) is 0 Å². The molecule has 1 amide bonds. The number of anilines is 1. The summed E-state index contributed by atoms with van der Waals surface area (Å²) < 4.78 is 0. The predicted molar refractivity (Wildman–Crippen MR) is 106 cm³/mol. The van der Waals surface area contributed by atoms with Gasteiger partial charge in [0.2, 0.25) is 5.91 Å². The van der Waals surface area contributed by atoms with Gasteiger partial charge in [-0.15, -0.1) is 24.8 Å². The van der Waals surface area contributed by atoms with E-state index < -0.39 is 0 Å². The Labute approximate surface area is 164 Å². The first-order chi connectivity index (χ1) is 11.1. The number of nitrogens with one attached hydrogen (secondary N) is 1. The molecule has 0 unspecified atom stereocenters. The van der Waals surface area contributed by atoms with Crippen molar-refractivity contribution in [3.05, 3.63) is 59.2 Å². The van der Waals surface area contributed by atoms with Crippen molar-refractivity contribution >= 4 is 48.1 Å². The third kappa shape index (κ3) is 5.83. The second-order valence-corrected chi connectivity index (χ2v) is 6.22. The first-order valence-electron chi connectivity index (χ1n) is 7.56. The van der Waals surface area contributed by atoms with Crippen LogP contribution in [0.15, 0.2) is 48.7 Å². The maximum atomic E-state index is 12.1. The van der Waals surface area contributed by atoms with Gasteiger partial charge in [0.1, 0.15) is 5.82 Å². The van der Waals surface area contributed by atoms with Crippen molar-refractivity contribution in [2.24, 2.45) is 5.73 Å². The summed E-state index contributed by atoms with van der Waals surface area (Å²) in [5.41, 5.74) is 7.47. The number of hydrogen-bond acceptors (Lipinski definition) is 4. The number of amides is 1. The van der Waals surface area contributed by atoms with Gasteiger partial charge in [-0.1, -0.05) is 41.9 Å². The van der Waals surface area contributed by atoms with Gasteiger partial charge in [0.25, 0.3) is 0 Å². The monoisotopic (exact) mass is 402 g/mol. The Bertz CT molecular complexity index is 669. The van der Waals surface area contributed by atoms with Gasteiger partial charge in [-0.3, -0.25) is 9.69 Å². The number of aromatic nitrogens is 1. The fraction of sp³-hybridized carbons (Fsp3) is 0.294. The zero-order valence-corrected chi connectivity index (χ0v) is 15.9. The van der Waals surface area contributed by atoms with E-state index in [4.69, 9.17) is 17.3 Å². The molecule has 8 heteroatoms. The number of carbonyl (C=O) groups excluding carboxylic acids is 1. The summed E-state index contributed by atoms with van der Waals surface area (Å²) in [5, 5.41) is 3.32. The predicted octanol–water partition coefficient (Wildman–Crippen LogP) is 2.94. The lowest BCUT2D eigenvalue weighted by Crippen LogP contribution is -2.33. The minimum Gasteiger partial charge on any atom is -0.326 e. The van der Waals surface area contributed by atoms with E-state index in [0.717, 1.165) is 6.54 Å². The van der Waals surface area contributed by atoms with E-state index in [-0.39, 0.29) is 42.7 Å². The number of benzene rings is 1. The van der Waals surface area contributed by atoms with Crippen molar-refractivity contribution in [1.82, 2.24) is 9.88 Å². The Balaban J connectivity index is 0.00000156. The van der Waals surface area contributed by atoms with Crippen LogP contribution >= 0.6 is 36.4 Å². The molecule has 3 rings (SSSR count). The zero-order valence-electron chi connectivity index (χ0n) is 13.5. The summed E-state index contributed by atoms with van der Waals surface area (Å²) in [7, 11) is 0. The fourth-order valence-corrected chi connectivity index (χ4v) is 3.04. The third-order valence-corrected chi connectivity index (χ3v) is 4.25. The topological polar surface area (TPSA) is 71.2 Å². The van der Waals surface area contributed by atoms with Crippen LogP contribution in [0.4, 0.5) is 5.82 Å². The number of halogens is 3. The van der Waals surface area contributed by atoms with Gasteiger partial charge >= 0.3 is 0 Å². The summed E-state index contributed by atoms with van der Waals surface area (Å²) in [4.78, 5) is 18.3. The quantitative estimate of drug-likeness (QED) is 0.823. The summed E-state index contributed by atoms with van der Waals surface area (Å²) in [6, 6.07) is 13.6. The van der Waals surface area contributed by atoms with Crippen molar-refractivity contribution in [3.8, 4) is 0 Å². The lowest BCUT2D eigenvalue weighted by Gasteiger charge is -2.15. The maximum Gasteiger partial charge on any atom is 0.239 e. The van der Waals surface area contributed by atoms with Crippen LogP contribution in [-0.4, -0.2) is 41.5 Å². The molecule has 136 valence electrons. The number of nitrogens with two attached hydrogens (primary N) is 1. The number of rotatable bonds is 4. The summed E-state index contributed by atoms with van der Waals surface area (Å²) >= 11 is 5.78. The molecular formula is C17H21Cl3N4O. The van der Waals surface area contributed by atoms with Gasteiger partial charge in [0.05, 0.1) is 11.6 Å². The Morgan fingerprint density at radius 3 is 2.56 bits per heavy atom. The van der Waals surface area contributed by atoms with Crippen molar-refractivity contribution in [1.29, 1.82) is 0 Å². The highest BCUT2D eigenvalue weighted by molar-refractivity contribution is 6.30. The molecule has 1 fully saturated rings. The Morgan fingerprint density at radius 2 is 1.92 bits per heavy atom. The van der Waals surface area contributed by atoms with Crippen LogP contribution in [0.1, 0.15) is 11.5 Å². The van der Waals surface area contributed by atoms with Crippen molar-refractivity contribution in [3.63, 3.8) is 0 Å². The van der Waals surface area contributed by atoms with Gasteiger partial charge in [-0.25, -0.2) is 4.98 Å². The molecule has 1 aliphatic rings. The van der Waals surface area contributed by atoms with E-state index in [9.17, 15) is 4.79 Å². The molecular weight excluding hydrogens is 383 g/mol. The Morgan fingerprint density at radius 1 is 1.20 bits per heavy atom. The van der Waals surface area contributed by atoms with Gasteiger partial charge in [-0.05, 0) is 17.7 Å². The van der Waals surface area contributed by atoms with Gasteiger partial charge in [-0.2, -0.15) is 0 Å². The van der Waals surface area contributed by atoms with Crippen LogP contribution in [0.25, 0.3) is 0 Å². The van der Waals surface area contributed by atoms with Crippen molar-refractivity contribution in [2.45, 2.75) is 12.0 Å². The highest BCUT2D eigenvalue weighted by Crippen LogP contribution is 2.26. The molecule has 1 aromatic heterocycles. The smallest absolute Gasteiger partial charge is 0.239 e. The number of hydrogen-bond donors (Lipinski definition) is 2. The van der Waals surface area contributed by atoms with Gasteiger partial charge in [0.15, 0.2) is 0 Å². The van der Waals surface area contributed by atoms with E-state index in [1.54, 1.807) is 12.1 Å². The van der Waals surface area contributed by atoms with Crippen molar-refractivity contribution in [2.75, 3.05) is 25.0 Å². The normalized spacial score (nSPS) is 19.6. The molecule has 0 bridgehead atoms. The number of likely N-dealkylation sites (tertiary alicyclic amines) is 1. The number of carbonyl (C=O) groups is 1. The van der Waals surface area contributed by atoms with Crippen LogP contribution in [0.2, 0.25) is 5.02 Å². The van der Waals surface area contributed by atoms with E-state index >= 15 is 0 Å². The van der Waals surface area contributed by atoms with E-state index in [1.165, 1.54) is 11.8 Å². The van der Waals surface area contributed by atoms with Gasteiger partial charge in [0, 0.05) is 31.2 Å². The maximum absolute atomic E-state index is 12.1. The average Bonchev–Trinajstić information content (AvgIpc) is 2.91. The summed E-state index contributed by atoms with van der Waals surface area (Å²) in [6.45, 7) is 1.80. The second-order valence-electron chi connectivity index (χ2n) is 5.78. The summed E-state index contributed by atoms with van der Waals surface area (Å²) in [6.07, 6.45) is 1.51. The molecule has 3 N–H and O–H groups in total. The molecule has 0 aliphatic carbocycles. The van der Waals surface area contributed by atoms with Gasteiger partial charge < -0.3 is 11.1 Å². The molecule has 1 aliphatic heterocycles. The lowest BCUT2D eigenvalue weighted by atomic mass is 9.95. The number of nitrogens with zero attached hydrogens (tertiary/aromatic N) is 2. The molecule has 5 nitrogen and oxygen atoms in total. The van der Waals surface area contributed by atoms with Crippen LogP contribution < -0.4 is 11.1 Å². The minimum atomic E-state index is -0.0965. The van der Waals surface area contributed by atoms with Crippen LogP contribution in [0.5, 0.6) is 0 Å². The standard InChI is InChI=1S/C17H19ClN4O.2ClH/c18-13-6-7-16(20-8-13)21-17(23)11-22-9-14(15(19)10-22)12-4-2-1-3-5-12;;/h1-8,14-15H,9-11,19H2,(H,20,21,23);2*1H/t14-,15+;;/m0../s1. The number of pyridine rings is 1. The van der Waals surface area contributed by atoms with Crippen molar-refractivity contribution < 1.29 is 4.79 Å². The Kier molecular flexibility index (Phi) is 8.62. The Hall–Kier alpha value is -1.37. The molecule has 0 radical (unpaired) electrons. The largest absolute Gasteiger partial charge is 0.326 e. The lowest BCUT2D eigenvalue weighted by molar-refractivity contribution is -0.117. The van der Waals surface area contributed by atoms with E-state index in [2.05, 4.69) is 27.3 Å². The molecule has 1 saturated heterocycles. The fourth-order valence-electron chi connectivity index (χ4n) is 2.93. The first kappa shape index (κ1) is 21.7. The van der Waals surface area contributed by atoms with Crippen LogP contribution in [0, 0.1) is 0 Å².